The van der Waals surface area contributed by atoms with Crippen molar-refractivity contribution in [3.05, 3.63) is 69.8 Å². The molecule has 0 aliphatic heterocycles. The van der Waals surface area contributed by atoms with E-state index < -0.39 is 11.6 Å². The minimum Gasteiger partial charge on any atom is -0.479 e. The maximum Gasteiger partial charge on any atom is 0.345 e. The van der Waals surface area contributed by atoms with Crippen LogP contribution in [0.4, 0.5) is 0 Å². The first-order valence-corrected chi connectivity index (χ1v) is 7.28. The standard InChI is InChI=1S/C19H22O3/c1-12-8-6-9-13(2)16(12)19(22-5,18(20)21)17-14(3)10-7-11-15(17)4/h6-11H,1-5H3,(H,20,21). The smallest absolute Gasteiger partial charge is 0.345 e. The minimum absolute atomic E-state index is 0.711. The summed E-state index contributed by atoms with van der Waals surface area (Å²) < 4.78 is 5.70. The van der Waals surface area contributed by atoms with Crippen molar-refractivity contribution in [2.45, 2.75) is 33.3 Å². The summed E-state index contributed by atoms with van der Waals surface area (Å²) in [6, 6.07) is 11.6. The molecule has 22 heavy (non-hydrogen) atoms. The van der Waals surface area contributed by atoms with E-state index in [1.54, 1.807) is 0 Å². The van der Waals surface area contributed by atoms with Crippen LogP contribution in [-0.4, -0.2) is 18.2 Å². The first kappa shape index (κ1) is 16.2. The lowest BCUT2D eigenvalue weighted by molar-refractivity contribution is -0.158. The third-order valence-corrected chi connectivity index (χ3v) is 4.27. The van der Waals surface area contributed by atoms with Crippen LogP contribution in [0.15, 0.2) is 36.4 Å². The van der Waals surface area contributed by atoms with E-state index in [1.807, 2.05) is 64.1 Å². The fourth-order valence-electron chi connectivity index (χ4n) is 3.37. The van der Waals surface area contributed by atoms with Crippen molar-refractivity contribution >= 4 is 5.97 Å². The topological polar surface area (TPSA) is 46.5 Å². The van der Waals surface area contributed by atoms with Crippen LogP contribution in [0, 0.1) is 27.7 Å². The molecule has 1 N–H and O–H groups in total. The maximum atomic E-state index is 12.3. The Morgan fingerprint density at radius 2 is 1.18 bits per heavy atom. The molecule has 0 aliphatic carbocycles. The van der Waals surface area contributed by atoms with Gasteiger partial charge in [0.25, 0.3) is 0 Å². The molecule has 0 radical (unpaired) electrons. The monoisotopic (exact) mass is 298 g/mol. The average molecular weight is 298 g/mol. The van der Waals surface area contributed by atoms with E-state index in [0.29, 0.717) is 11.1 Å². The lowest BCUT2D eigenvalue weighted by Crippen LogP contribution is -2.41. The summed E-state index contributed by atoms with van der Waals surface area (Å²) in [5.74, 6) is -0.996. The number of rotatable bonds is 4. The number of benzene rings is 2. The van der Waals surface area contributed by atoms with Crippen LogP contribution in [0.2, 0.25) is 0 Å². The quantitative estimate of drug-likeness (QED) is 0.931. The SMILES string of the molecule is COC(C(=O)O)(c1c(C)cccc1C)c1c(C)cccc1C. The van der Waals surface area contributed by atoms with Crippen LogP contribution >= 0.6 is 0 Å². The molecule has 0 aromatic heterocycles. The van der Waals surface area contributed by atoms with Crippen molar-refractivity contribution in [3.8, 4) is 0 Å². The zero-order valence-corrected chi connectivity index (χ0v) is 13.7. The number of carbonyl (C=O) groups is 1. The van der Waals surface area contributed by atoms with Crippen LogP contribution < -0.4 is 0 Å². The molecule has 0 unspecified atom stereocenters. The molecule has 0 spiro atoms. The van der Waals surface area contributed by atoms with Crippen molar-refractivity contribution in [2.75, 3.05) is 7.11 Å². The molecular formula is C19H22O3. The highest BCUT2D eigenvalue weighted by Gasteiger charge is 2.46. The third kappa shape index (κ3) is 2.32. The van der Waals surface area contributed by atoms with E-state index in [1.165, 1.54) is 7.11 Å². The Kier molecular flexibility index (Phi) is 4.38. The van der Waals surface area contributed by atoms with Gasteiger partial charge < -0.3 is 9.84 Å². The van der Waals surface area contributed by atoms with Gasteiger partial charge in [0.15, 0.2) is 0 Å². The van der Waals surface area contributed by atoms with E-state index in [-0.39, 0.29) is 0 Å². The van der Waals surface area contributed by atoms with E-state index >= 15 is 0 Å². The Labute approximate surface area is 131 Å². The summed E-state index contributed by atoms with van der Waals surface area (Å²) >= 11 is 0. The van der Waals surface area contributed by atoms with Gasteiger partial charge in [0, 0.05) is 18.2 Å². The Balaban J connectivity index is 2.95. The lowest BCUT2D eigenvalue weighted by Gasteiger charge is -2.34. The van der Waals surface area contributed by atoms with Crippen molar-refractivity contribution < 1.29 is 14.6 Å². The molecule has 2 rings (SSSR count). The molecule has 0 bridgehead atoms. The fourth-order valence-corrected chi connectivity index (χ4v) is 3.37. The summed E-state index contributed by atoms with van der Waals surface area (Å²) in [5, 5.41) is 10.1. The van der Waals surface area contributed by atoms with Gasteiger partial charge in [0.2, 0.25) is 5.60 Å². The van der Waals surface area contributed by atoms with Crippen LogP contribution in [0.25, 0.3) is 0 Å². The van der Waals surface area contributed by atoms with Crippen LogP contribution in [-0.2, 0) is 15.1 Å². The number of carboxylic acids is 1. The molecule has 0 saturated carbocycles. The second-order valence-corrected chi connectivity index (χ2v) is 5.72. The van der Waals surface area contributed by atoms with Crippen LogP contribution in [0.3, 0.4) is 0 Å². The number of aryl methyl sites for hydroxylation is 4. The second kappa shape index (κ2) is 5.93. The normalized spacial score (nSPS) is 11.5. The van der Waals surface area contributed by atoms with Crippen molar-refractivity contribution in [3.63, 3.8) is 0 Å². The fraction of sp³-hybridized carbons (Fsp3) is 0.316. The summed E-state index contributed by atoms with van der Waals surface area (Å²) in [4.78, 5) is 12.3. The van der Waals surface area contributed by atoms with Crippen LogP contribution in [0.1, 0.15) is 33.4 Å². The van der Waals surface area contributed by atoms with Gasteiger partial charge in [-0.25, -0.2) is 4.79 Å². The highest BCUT2D eigenvalue weighted by Crippen LogP contribution is 2.40. The van der Waals surface area contributed by atoms with Gasteiger partial charge in [0.05, 0.1) is 0 Å². The van der Waals surface area contributed by atoms with Gasteiger partial charge in [-0.15, -0.1) is 0 Å². The summed E-state index contributed by atoms with van der Waals surface area (Å²) in [6.45, 7) is 7.69. The molecule has 0 heterocycles. The highest BCUT2D eigenvalue weighted by atomic mass is 16.5. The average Bonchev–Trinajstić information content (AvgIpc) is 2.44. The predicted octanol–water partition coefficient (Wildman–Crippen LogP) is 3.89. The number of hydrogen-bond acceptors (Lipinski definition) is 2. The molecule has 0 amide bonds. The minimum atomic E-state index is -1.50. The molecule has 0 saturated heterocycles. The number of hydrogen-bond donors (Lipinski definition) is 1. The van der Waals surface area contributed by atoms with Crippen molar-refractivity contribution in [2.24, 2.45) is 0 Å². The van der Waals surface area contributed by atoms with Gasteiger partial charge >= 0.3 is 5.97 Å². The van der Waals surface area contributed by atoms with Crippen molar-refractivity contribution in [1.29, 1.82) is 0 Å². The molecule has 0 atom stereocenters. The molecule has 0 fully saturated rings. The van der Waals surface area contributed by atoms with E-state index in [0.717, 1.165) is 22.3 Å². The number of carboxylic acid groups (broad SMARTS) is 1. The zero-order chi connectivity index (χ0) is 16.5. The predicted molar refractivity (Wildman–Crippen MR) is 87.3 cm³/mol. The van der Waals surface area contributed by atoms with Gasteiger partial charge in [0.1, 0.15) is 0 Å². The Bertz CT molecular complexity index is 625. The lowest BCUT2D eigenvalue weighted by atomic mass is 9.77. The van der Waals surface area contributed by atoms with Gasteiger partial charge in [-0.3, -0.25) is 0 Å². The largest absolute Gasteiger partial charge is 0.479 e. The van der Waals surface area contributed by atoms with Gasteiger partial charge in [-0.2, -0.15) is 0 Å². The van der Waals surface area contributed by atoms with E-state index in [2.05, 4.69) is 0 Å². The van der Waals surface area contributed by atoms with Gasteiger partial charge in [-0.05, 0) is 49.9 Å². The first-order chi connectivity index (χ1) is 10.4. The Morgan fingerprint density at radius 3 is 1.41 bits per heavy atom. The van der Waals surface area contributed by atoms with Crippen LogP contribution in [0.5, 0.6) is 0 Å². The Hall–Kier alpha value is -2.13. The summed E-state index contributed by atoms with van der Waals surface area (Å²) in [6.07, 6.45) is 0. The molecule has 2 aromatic carbocycles. The van der Waals surface area contributed by atoms with E-state index in [9.17, 15) is 9.90 Å². The second-order valence-electron chi connectivity index (χ2n) is 5.72. The molecule has 2 aromatic rings. The zero-order valence-electron chi connectivity index (χ0n) is 13.7. The molecule has 116 valence electrons. The summed E-state index contributed by atoms with van der Waals surface area (Å²) in [5.41, 5.74) is 3.56. The van der Waals surface area contributed by atoms with Gasteiger partial charge in [-0.1, -0.05) is 36.4 Å². The number of ether oxygens (including phenoxy) is 1. The highest BCUT2D eigenvalue weighted by molar-refractivity contribution is 5.86. The maximum absolute atomic E-state index is 12.3. The van der Waals surface area contributed by atoms with Crippen molar-refractivity contribution in [1.82, 2.24) is 0 Å². The molecular weight excluding hydrogens is 276 g/mol. The number of methoxy groups -OCH3 is 1. The Morgan fingerprint density at radius 1 is 0.864 bits per heavy atom. The summed E-state index contributed by atoms with van der Waals surface area (Å²) in [7, 11) is 1.46. The molecule has 3 nitrogen and oxygen atoms in total. The third-order valence-electron chi connectivity index (χ3n) is 4.27. The number of aliphatic carboxylic acids is 1. The first-order valence-electron chi connectivity index (χ1n) is 7.28. The molecule has 0 aliphatic rings. The van der Waals surface area contributed by atoms with E-state index in [4.69, 9.17) is 4.74 Å². The molecule has 3 heteroatoms.